The standard InChI is InChI=1S/C14H19N5O4S2/c1-11(8-19-10-15-9-16-19)17-24(20,21)13-4-6-14(7-5-13)25(22,23)18-12-2-3-12/h4-7,9-12,17-18H,2-3,8H2,1H3. The van der Waals surface area contributed by atoms with E-state index in [1.54, 1.807) is 6.92 Å². The molecule has 9 nitrogen and oxygen atoms in total. The third-order valence-corrected chi connectivity index (χ3v) is 6.77. The second kappa shape index (κ2) is 6.83. The number of aromatic nitrogens is 3. The van der Waals surface area contributed by atoms with E-state index in [0.717, 1.165) is 12.8 Å². The molecule has 0 spiro atoms. The van der Waals surface area contributed by atoms with Crippen LogP contribution in [0.2, 0.25) is 0 Å². The van der Waals surface area contributed by atoms with Crippen LogP contribution < -0.4 is 9.44 Å². The highest BCUT2D eigenvalue weighted by Crippen LogP contribution is 2.22. The Morgan fingerprint density at radius 3 is 2.24 bits per heavy atom. The van der Waals surface area contributed by atoms with Gasteiger partial charge in [-0.2, -0.15) is 5.10 Å². The van der Waals surface area contributed by atoms with Gasteiger partial charge in [0.15, 0.2) is 0 Å². The van der Waals surface area contributed by atoms with Gasteiger partial charge in [0.05, 0.1) is 16.3 Å². The van der Waals surface area contributed by atoms with E-state index in [4.69, 9.17) is 0 Å². The lowest BCUT2D eigenvalue weighted by atomic mass is 10.4. The fourth-order valence-electron chi connectivity index (χ4n) is 2.26. The van der Waals surface area contributed by atoms with Gasteiger partial charge in [0, 0.05) is 12.1 Å². The minimum atomic E-state index is -3.76. The molecular formula is C14H19N5O4S2. The van der Waals surface area contributed by atoms with Crippen LogP contribution in [0.15, 0.2) is 46.7 Å². The molecule has 11 heteroatoms. The smallest absolute Gasteiger partial charge is 0.240 e. The second-order valence-corrected chi connectivity index (χ2v) is 9.43. The quantitative estimate of drug-likeness (QED) is 0.664. The summed E-state index contributed by atoms with van der Waals surface area (Å²) in [6, 6.07) is 4.74. The molecule has 0 radical (unpaired) electrons. The lowest BCUT2D eigenvalue weighted by molar-refractivity contribution is 0.493. The summed E-state index contributed by atoms with van der Waals surface area (Å²) in [7, 11) is -7.36. The summed E-state index contributed by atoms with van der Waals surface area (Å²) < 4.78 is 55.6. The molecule has 1 heterocycles. The number of benzene rings is 1. The van der Waals surface area contributed by atoms with Crippen molar-refractivity contribution < 1.29 is 16.8 Å². The van der Waals surface area contributed by atoms with Crippen molar-refractivity contribution in [2.24, 2.45) is 0 Å². The van der Waals surface area contributed by atoms with Crippen LogP contribution in [0.1, 0.15) is 19.8 Å². The molecule has 0 aliphatic heterocycles. The van der Waals surface area contributed by atoms with Crippen molar-refractivity contribution in [3.8, 4) is 0 Å². The minimum absolute atomic E-state index is 0.00307. The van der Waals surface area contributed by atoms with Crippen LogP contribution >= 0.6 is 0 Å². The fourth-order valence-corrected chi connectivity index (χ4v) is 4.80. The van der Waals surface area contributed by atoms with Crippen LogP contribution in [-0.4, -0.2) is 43.7 Å². The zero-order chi connectivity index (χ0) is 18.1. The molecule has 2 N–H and O–H groups in total. The Bertz CT molecular complexity index is 920. The highest BCUT2D eigenvalue weighted by molar-refractivity contribution is 7.90. The molecule has 3 rings (SSSR count). The Kier molecular flexibility index (Phi) is 4.91. The Morgan fingerprint density at radius 1 is 1.12 bits per heavy atom. The number of sulfonamides is 2. The van der Waals surface area contributed by atoms with E-state index < -0.39 is 26.1 Å². The van der Waals surface area contributed by atoms with Gasteiger partial charge in [0.1, 0.15) is 12.7 Å². The number of nitrogens with zero attached hydrogens (tertiary/aromatic N) is 3. The number of nitrogens with one attached hydrogen (secondary N) is 2. The van der Waals surface area contributed by atoms with Gasteiger partial charge in [-0.05, 0) is 44.0 Å². The van der Waals surface area contributed by atoms with Crippen molar-refractivity contribution >= 4 is 20.0 Å². The highest BCUT2D eigenvalue weighted by atomic mass is 32.2. The average molecular weight is 385 g/mol. The van der Waals surface area contributed by atoms with E-state index in [1.807, 2.05) is 0 Å². The van der Waals surface area contributed by atoms with Crippen LogP contribution in [0, 0.1) is 0 Å². The van der Waals surface area contributed by atoms with Gasteiger partial charge >= 0.3 is 0 Å². The zero-order valence-corrected chi connectivity index (χ0v) is 15.2. The maximum absolute atomic E-state index is 12.4. The summed E-state index contributed by atoms with van der Waals surface area (Å²) in [4.78, 5) is 3.85. The molecule has 0 bridgehead atoms. The first-order valence-electron chi connectivity index (χ1n) is 7.73. The largest absolute Gasteiger partial charge is 0.251 e. The molecule has 1 atom stereocenters. The van der Waals surface area contributed by atoms with Gasteiger partial charge in [-0.3, -0.25) is 4.68 Å². The van der Waals surface area contributed by atoms with Crippen molar-refractivity contribution in [1.82, 2.24) is 24.2 Å². The van der Waals surface area contributed by atoms with Crippen LogP contribution in [0.5, 0.6) is 0 Å². The van der Waals surface area contributed by atoms with Gasteiger partial charge in [-0.15, -0.1) is 0 Å². The molecule has 0 amide bonds. The molecule has 1 aliphatic carbocycles. The molecule has 1 aromatic heterocycles. The molecule has 0 saturated heterocycles. The van der Waals surface area contributed by atoms with E-state index >= 15 is 0 Å². The number of rotatable bonds is 8. The molecule has 1 aliphatic rings. The van der Waals surface area contributed by atoms with Crippen molar-refractivity contribution in [1.29, 1.82) is 0 Å². The van der Waals surface area contributed by atoms with Crippen molar-refractivity contribution in [3.63, 3.8) is 0 Å². The van der Waals surface area contributed by atoms with Crippen molar-refractivity contribution in [3.05, 3.63) is 36.9 Å². The van der Waals surface area contributed by atoms with Crippen LogP contribution in [0.25, 0.3) is 0 Å². The lowest BCUT2D eigenvalue weighted by Gasteiger charge is -2.14. The molecule has 136 valence electrons. The van der Waals surface area contributed by atoms with E-state index in [2.05, 4.69) is 19.5 Å². The van der Waals surface area contributed by atoms with Gasteiger partial charge in [-0.1, -0.05) is 0 Å². The third kappa shape index (κ3) is 4.63. The van der Waals surface area contributed by atoms with Gasteiger partial charge in [0.2, 0.25) is 20.0 Å². The number of hydrogen-bond acceptors (Lipinski definition) is 6. The molecule has 1 fully saturated rings. The first kappa shape index (κ1) is 18.0. The third-order valence-electron chi connectivity index (χ3n) is 3.63. The average Bonchev–Trinajstić information content (AvgIpc) is 3.19. The Balaban J connectivity index is 1.69. The first-order chi connectivity index (χ1) is 11.8. The monoisotopic (exact) mass is 385 g/mol. The Labute approximate surface area is 146 Å². The first-order valence-corrected chi connectivity index (χ1v) is 10.7. The van der Waals surface area contributed by atoms with Crippen LogP contribution in [0.3, 0.4) is 0 Å². The van der Waals surface area contributed by atoms with Gasteiger partial charge in [-0.25, -0.2) is 31.3 Å². The van der Waals surface area contributed by atoms with Crippen molar-refractivity contribution in [2.75, 3.05) is 0 Å². The molecule has 1 aromatic carbocycles. The number of hydrogen-bond donors (Lipinski definition) is 2. The highest BCUT2D eigenvalue weighted by Gasteiger charge is 2.28. The fraction of sp³-hybridized carbons (Fsp3) is 0.429. The summed E-state index contributed by atoms with van der Waals surface area (Å²) >= 11 is 0. The van der Waals surface area contributed by atoms with Crippen molar-refractivity contribution in [2.45, 2.75) is 48.2 Å². The Hall–Kier alpha value is -1.82. The molecule has 1 unspecified atom stereocenters. The van der Waals surface area contributed by atoms with E-state index in [1.165, 1.54) is 41.6 Å². The normalized spacial score (nSPS) is 16.7. The maximum atomic E-state index is 12.4. The van der Waals surface area contributed by atoms with Crippen LogP contribution in [0.4, 0.5) is 0 Å². The molecule has 1 saturated carbocycles. The van der Waals surface area contributed by atoms with Gasteiger partial charge in [0.25, 0.3) is 0 Å². The molecule has 25 heavy (non-hydrogen) atoms. The summed E-state index contributed by atoms with van der Waals surface area (Å²) in [5.41, 5.74) is 0. The summed E-state index contributed by atoms with van der Waals surface area (Å²) in [6.45, 7) is 2.04. The maximum Gasteiger partial charge on any atom is 0.240 e. The summed E-state index contributed by atoms with van der Waals surface area (Å²) in [5.74, 6) is 0. The summed E-state index contributed by atoms with van der Waals surface area (Å²) in [6.07, 6.45) is 4.53. The molecule has 2 aromatic rings. The zero-order valence-electron chi connectivity index (χ0n) is 13.5. The van der Waals surface area contributed by atoms with E-state index in [-0.39, 0.29) is 15.8 Å². The van der Waals surface area contributed by atoms with E-state index in [9.17, 15) is 16.8 Å². The molecular weight excluding hydrogens is 366 g/mol. The lowest BCUT2D eigenvalue weighted by Crippen LogP contribution is -2.35. The minimum Gasteiger partial charge on any atom is -0.251 e. The van der Waals surface area contributed by atoms with Gasteiger partial charge < -0.3 is 0 Å². The Morgan fingerprint density at radius 2 is 1.72 bits per heavy atom. The summed E-state index contributed by atoms with van der Waals surface area (Å²) in [5, 5.41) is 3.92. The topological polar surface area (TPSA) is 123 Å². The van der Waals surface area contributed by atoms with E-state index in [0.29, 0.717) is 6.54 Å². The SMILES string of the molecule is CC(Cn1cncn1)NS(=O)(=O)c1ccc(S(=O)(=O)NC2CC2)cc1. The van der Waals surface area contributed by atoms with Crippen LogP contribution in [-0.2, 0) is 26.6 Å². The predicted molar refractivity (Wildman–Crippen MR) is 89.6 cm³/mol. The second-order valence-electron chi connectivity index (χ2n) is 6.01. The predicted octanol–water partition coefficient (Wildman–Crippen LogP) is 0.0858.